The number of carbonyl (C=O) groups excluding carboxylic acids is 2. The number of nitrogens with zero attached hydrogens (tertiary/aromatic N) is 3. The van der Waals surface area contributed by atoms with Gasteiger partial charge in [0.25, 0.3) is 5.91 Å². The molecule has 1 aromatic heterocycles. The summed E-state index contributed by atoms with van der Waals surface area (Å²) in [7, 11) is 1.49. The topological polar surface area (TPSA) is 76.5 Å². The molecule has 2 atom stereocenters. The summed E-state index contributed by atoms with van der Waals surface area (Å²) < 4.78 is 97.1. The number of anilines is 1. The monoisotopic (exact) mass is 530 g/mol. The fourth-order valence-electron chi connectivity index (χ4n) is 4.21. The van der Waals surface area contributed by atoms with Gasteiger partial charge in [-0.15, -0.1) is 13.2 Å². The highest BCUT2D eigenvalue weighted by Crippen LogP contribution is 2.44. The van der Waals surface area contributed by atoms with Crippen molar-refractivity contribution in [3.8, 4) is 5.75 Å². The number of alkyl halides is 6. The Hall–Kier alpha value is -4.10. The number of amides is 2. The zero-order valence-electron chi connectivity index (χ0n) is 18.8. The molecule has 37 heavy (non-hydrogen) atoms. The van der Waals surface area contributed by atoms with E-state index in [4.69, 9.17) is 0 Å². The lowest BCUT2D eigenvalue weighted by molar-refractivity contribution is -0.275. The van der Waals surface area contributed by atoms with Crippen molar-refractivity contribution in [3.63, 3.8) is 0 Å². The van der Waals surface area contributed by atoms with Crippen molar-refractivity contribution in [2.75, 3.05) is 11.9 Å². The summed E-state index contributed by atoms with van der Waals surface area (Å²) in [6.45, 7) is -1.68. The van der Waals surface area contributed by atoms with Gasteiger partial charge in [-0.3, -0.25) is 14.3 Å². The molecule has 2 aromatic carbocycles. The van der Waals surface area contributed by atoms with Gasteiger partial charge in [0, 0.05) is 36.1 Å². The van der Waals surface area contributed by atoms with Crippen LogP contribution in [0.15, 0.2) is 54.9 Å². The molecule has 1 aliphatic rings. The molecule has 0 saturated heterocycles. The highest BCUT2D eigenvalue weighted by atomic mass is 19.4. The quantitative estimate of drug-likeness (QED) is 0.475. The van der Waals surface area contributed by atoms with Crippen molar-refractivity contribution in [1.29, 1.82) is 0 Å². The number of hydrogen-bond acceptors (Lipinski definition) is 4. The van der Waals surface area contributed by atoms with E-state index < -0.39 is 54.4 Å². The average molecular weight is 530 g/mol. The lowest BCUT2D eigenvalue weighted by Crippen LogP contribution is -2.49. The minimum atomic E-state index is -5.21. The normalized spacial score (nSPS) is 17.9. The summed E-state index contributed by atoms with van der Waals surface area (Å²) >= 11 is 0. The van der Waals surface area contributed by atoms with Crippen molar-refractivity contribution in [2.45, 2.75) is 24.5 Å². The van der Waals surface area contributed by atoms with E-state index in [1.807, 2.05) is 0 Å². The Morgan fingerprint density at radius 3 is 2.43 bits per heavy atom. The first-order chi connectivity index (χ1) is 17.2. The molecule has 14 heteroatoms. The molecular formula is C23H17F7N4O3. The van der Waals surface area contributed by atoms with Crippen LogP contribution in [-0.4, -0.2) is 45.6 Å². The number of nitrogens with one attached hydrogen (secondary N) is 1. The maximum atomic E-state index is 13.8. The number of hydrogen-bond donors (Lipinski definition) is 1. The van der Waals surface area contributed by atoms with Crippen LogP contribution >= 0.6 is 0 Å². The number of rotatable bonds is 5. The third-order valence-corrected chi connectivity index (χ3v) is 5.56. The SMILES string of the molecule is Cn1cc(C2C(C(=O)Nc3ccc(F)c(OC(F)(F)F)c3)c3ccccc3C(=O)N2CC(F)(F)F)cn1. The van der Waals surface area contributed by atoms with Gasteiger partial charge >= 0.3 is 12.5 Å². The second kappa shape index (κ2) is 9.41. The van der Waals surface area contributed by atoms with Gasteiger partial charge in [0.1, 0.15) is 6.54 Å². The number of aryl methyl sites for hydroxylation is 1. The van der Waals surface area contributed by atoms with Crippen molar-refractivity contribution < 1.29 is 45.1 Å². The van der Waals surface area contributed by atoms with Crippen molar-refractivity contribution >= 4 is 17.5 Å². The van der Waals surface area contributed by atoms with Crippen LogP contribution in [0.1, 0.15) is 33.4 Å². The molecule has 7 nitrogen and oxygen atoms in total. The fourth-order valence-corrected chi connectivity index (χ4v) is 4.21. The van der Waals surface area contributed by atoms with Crippen LogP contribution in [0.3, 0.4) is 0 Å². The molecule has 2 amide bonds. The van der Waals surface area contributed by atoms with Gasteiger partial charge in [0.15, 0.2) is 11.6 Å². The maximum Gasteiger partial charge on any atom is 0.573 e. The molecular weight excluding hydrogens is 513 g/mol. The Labute approximate surface area is 204 Å². The van der Waals surface area contributed by atoms with Crippen LogP contribution in [0.25, 0.3) is 0 Å². The van der Waals surface area contributed by atoms with Crippen molar-refractivity contribution in [3.05, 3.63) is 77.4 Å². The number of halogens is 7. The molecule has 3 aromatic rings. The Bertz CT molecular complexity index is 1340. The highest BCUT2D eigenvalue weighted by Gasteiger charge is 2.48. The summed E-state index contributed by atoms with van der Waals surface area (Å²) in [5.41, 5.74) is -0.235. The van der Waals surface area contributed by atoms with Gasteiger partial charge < -0.3 is 15.0 Å². The second-order valence-corrected chi connectivity index (χ2v) is 8.19. The number of ether oxygens (including phenoxy) is 1. The molecule has 2 heterocycles. The summed E-state index contributed by atoms with van der Waals surface area (Å²) in [6, 6.07) is 6.29. The summed E-state index contributed by atoms with van der Waals surface area (Å²) in [5, 5.41) is 6.25. The summed E-state index contributed by atoms with van der Waals surface area (Å²) in [6.07, 6.45) is -7.47. The number of fused-ring (bicyclic) bond motifs is 1. The van der Waals surface area contributed by atoms with Crippen LogP contribution in [0.2, 0.25) is 0 Å². The lowest BCUT2D eigenvalue weighted by Gasteiger charge is -2.41. The summed E-state index contributed by atoms with van der Waals surface area (Å²) in [4.78, 5) is 27.1. The average Bonchev–Trinajstić information content (AvgIpc) is 3.21. The van der Waals surface area contributed by atoms with E-state index >= 15 is 0 Å². The van der Waals surface area contributed by atoms with Gasteiger partial charge in [-0.2, -0.15) is 18.3 Å². The van der Waals surface area contributed by atoms with E-state index in [2.05, 4.69) is 15.2 Å². The first kappa shape index (κ1) is 26.0. The van der Waals surface area contributed by atoms with Gasteiger partial charge in [0.2, 0.25) is 5.91 Å². The number of benzene rings is 2. The van der Waals surface area contributed by atoms with Gasteiger partial charge in [-0.05, 0) is 23.8 Å². The standard InChI is InChI=1S/C23H17F7N4O3/c1-33-10-12(9-31-33)19-18(14-4-2-3-5-15(14)21(36)34(19)11-22(25,26)27)20(35)32-13-6-7-16(24)17(8-13)37-23(28,29)30/h2-10,18-19H,11H2,1H3,(H,32,35). The van der Waals surface area contributed by atoms with Crippen LogP contribution in [-0.2, 0) is 11.8 Å². The Balaban J connectivity index is 1.79. The molecule has 0 radical (unpaired) electrons. The predicted molar refractivity (Wildman–Crippen MR) is 114 cm³/mol. The van der Waals surface area contributed by atoms with Gasteiger partial charge in [0.05, 0.1) is 18.2 Å². The molecule has 4 rings (SSSR count). The van der Waals surface area contributed by atoms with E-state index in [0.717, 1.165) is 6.07 Å². The zero-order valence-corrected chi connectivity index (χ0v) is 18.8. The molecule has 0 spiro atoms. The van der Waals surface area contributed by atoms with Gasteiger partial charge in [-0.25, -0.2) is 4.39 Å². The highest BCUT2D eigenvalue weighted by molar-refractivity contribution is 6.04. The van der Waals surface area contributed by atoms with Crippen LogP contribution in [0, 0.1) is 5.82 Å². The second-order valence-electron chi connectivity index (χ2n) is 8.19. The minimum absolute atomic E-state index is 0.103. The third-order valence-electron chi connectivity index (χ3n) is 5.56. The predicted octanol–water partition coefficient (Wildman–Crippen LogP) is 4.94. The molecule has 0 aliphatic carbocycles. The zero-order chi connectivity index (χ0) is 27.1. The van der Waals surface area contributed by atoms with Crippen molar-refractivity contribution in [1.82, 2.24) is 14.7 Å². The molecule has 0 bridgehead atoms. The van der Waals surface area contributed by atoms with E-state index in [1.54, 1.807) is 0 Å². The van der Waals surface area contributed by atoms with Gasteiger partial charge in [-0.1, -0.05) is 18.2 Å². The molecule has 1 N–H and O–H groups in total. The smallest absolute Gasteiger partial charge is 0.403 e. The largest absolute Gasteiger partial charge is 0.573 e. The fraction of sp³-hybridized carbons (Fsp3) is 0.261. The Morgan fingerprint density at radius 2 is 1.81 bits per heavy atom. The maximum absolute atomic E-state index is 13.8. The van der Waals surface area contributed by atoms with Crippen LogP contribution in [0.4, 0.5) is 36.4 Å². The third kappa shape index (κ3) is 5.67. The molecule has 0 saturated carbocycles. The Kier molecular flexibility index (Phi) is 6.60. The number of aromatic nitrogens is 2. The summed E-state index contributed by atoms with van der Waals surface area (Å²) in [5.74, 6) is -5.92. The van der Waals surface area contributed by atoms with E-state index in [1.165, 1.54) is 48.4 Å². The molecule has 196 valence electrons. The van der Waals surface area contributed by atoms with E-state index in [9.17, 15) is 40.3 Å². The van der Waals surface area contributed by atoms with Crippen LogP contribution < -0.4 is 10.1 Å². The van der Waals surface area contributed by atoms with E-state index in [-0.39, 0.29) is 22.4 Å². The van der Waals surface area contributed by atoms with E-state index in [0.29, 0.717) is 17.0 Å². The van der Waals surface area contributed by atoms with Crippen LogP contribution in [0.5, 0.6) is 5.75 Å². The number of carbonyl (C=O) groups is 2. The molecule has 0 fully saturated rings. The Morgan fingerprint density at radius 1 is 1.11 bits per heavy atom. The van der Waals surface area contributed by atoms with Crippen molar-refractivity contribution in [2.24, 2.45) is 7.05 Å². The lowest BCUT2D eigenvalue weighted by atomic mass is 9.79. The first-order valence-corrected chi connectivity index (χ1v) is 10.5. The first-order valence-electron chi connectivity index (χ1n) is 10.5. The minimum Gasteiger partial charge on any atom is -0.403 e. The molecule has 1 aliphatic heterocycles. The molecule has 2 unspecified atom stereocenters.